The van der Waals surface area contributed by atoms with E-state index in [0.29, 0.717) is 5.75 Å². The summed E-state index contributed by atoms with van der Waals surface area (Å²) in [5.74, 6) is 0.195. The van der Waals surface area contributed by atoms with Crippen molar-refractivity contribution in [2.75, 3.05) is 19.1 Å². The summed E-state index contributed by atoms with van der Waals surface area (Å²) in [5.41, 5.74) is 0. The number of halogens is 1. The Morgan fingerprint density at radius 1 is 1.39 bits per heavy atom. The maximum absolute atomic E-state index is 11.3. The topological polar surface area (TPSA) is 60.4 Å². The molecule has 0 amide bonds. The van der Waals surface area contributed by atoms with Gasteiger partial charge in [-0.05, 0) is 24.3 Å². The molecule has 0 aliphatic rings. The predicted molar refractivity (Wildman–Crippen MR) is 75.0 cm³/mol. The molecule has 0 saturated heterocycles. The first-order valence-corrected chi connectivity index (χ1v) is 8.78. The van der Waals surface area contributed by atoms with Crippen LogP contribution in [0, 0.1) is 0 Å². The smallest absolute Gasteiger partial charge is 0.320 e. The number of thioether (sulfide) groups is 1. The molecule has 4 nitrogen and oxygen atoms in total. The number of carbonyl (C=O) groups excluding carboxylic acids is 1. The number of esters is 1. The maximum atomic E-state index is 11.3. The van der Waals surface area contributed by atoms with E-state index in [-0.39, 0.29) is 15.7 Å². The third-order valence-electron chi connectivity index (χ3n) is 2.11. The number of sulfone groups is 1. The van der Waals surface area contributed by atoms with Crippen molar-refractivity contribution < 1.29 is 17.9 Å². The fraction of sp³-hybridized carbons (Fsp3) is 0.364. The minimum atomic E-state index is -3.16. The average molecular weight is 353 g/mol. The molecule has 0 aliphatic heterocycles. The SMILES string of the molecule is COC(=O)C(Br)CSc1ccc(S(C)(=O)=O)cc1. The minimum Gasteiger partial charge on any atom is -0.468 e. The molecule has 0 fully saturated rings. The maximum Gasteiger partial charge on any atom is 0.320 e. The molecule has 0 spiro atoms. The van der Waals surface area contributed by atoms with E-state index in [4.69, 9.17) is 0 Å². The Balaban J connectivity index is 2.63. The van der Waals surface area contributed by atoms with E-state index >= 15 is 0 Å². The van der Waals surface area contributed by atoms with Gasteiger partial charge < -0.3 is 4.74 Å². The Morgan fingerprint density at radius 3 is 2.39 bits per heavy atom. The Labute approximate surface area is 119 Å². The molecular formula is C11H13BrO4S2. The molecule has 0 aromatic heterocycles. The van der Waals surface area contributed by atoms with E-state index in [1.165, 1.54) is 25.1 Å². The number of rotatable bonds is 5. The third-order valence-corrected chi connectivity index (χ3v) is 5.47. The van der Waals surface area contributed by atoms with E-state index in [1.54, 1.807) is 24.3 Å². The second-order valence-corrected chi connectivity index (χ2v) is 7.76. The Bertz CT molecular complexity index is 510. The van der Waals surface area contributed by atoms with Crippen LogP contribution in [0.4, 0.5) is 0 Å². The second kappa shape index (κ2) is 6.58. The molecule has 0 heterocycles. The first-order valence-electron chi connectivity index (χ1n) is 4.99. The molecule has 1 rings (SSSR count). The van der Waals surface area contributed by atoms with Gasteiger partial charge in [0.25, 0.3) is 0 Å². The number of ether oxygens (including phenoxy) is 1. The van der Waals surface area contributed by atoms with E-state index in [1.807, 2.05) is 0 Å². The zero-order chi connectivity index (χ0) is 13.8. The van der Waals surface area contributed by atoms with Crippen LogP contribution in [0.3, 0.4) is 0 Å². The number of hydrogen-bond donors (Lipinski definition) is 0. The highest BCUT2D eigenvalue weighted by atomic mass is 79.9. The van der Waals surface area contributed by atoms with E-state index < -0.39 is 9.84 Å². The first kappa shape index (κ1) is 15.5. The van der Waals surface area contributed by atoms with Gasteiger partial charge in [-0.2, -0.15) is 0 Å². The molecule has 0 bridgehead atoms. The molecule has 7 heteroatoms. The van der Waals surface area contributed by atoms with Crippen LogP contribution in [-0.2, 0) is 19.4 Å². The number of methoxy groups -OCH3 is 1. The number of benzene rings is 1. The van der Waals surface area contributed by atoms with E-state index in [2.05, 4.69) is 20.7 Å². The van der Waals surface area contributed by atoms with Crippen molar-refractivity contribution in [2.24, 2.45) is 0 Å². The molecule has 0 radical (unpaired) electrons. The molecule has 1 atom stereocenters. The van der Waals surface area contributed by atoms with Gasteiger partial charge in [0.05, 0.1) is 12.0 Å². The monoisotopic (exact) mass is 352 g/mol. The lowest BCUT2D eigenvalue weighted by Crippen LogP contribution is -2.17. The molecular weight excluding hydrogens is 340 g/mol. The Hall–Kier alpha value is -0.530. The summed E-state index contributed by atoms with van der Waals surface area (Å²) in [6.45, 7) is 0. The van der Waals surface area contributed by atoms with Crippen LogP contribution in [0.25, 0.3) is 0 Å². The van der Waals surface area contributed by atoms with Crippen molar-refractivity contribution in [3.8, 4) is 0 Å². The highest BCUT2D eigenvalue weighted by Crippen LogP contribution is 2.23. The number of alkyl halides is 1. The predicted octanol–water partition coefficient (Wildman–Crippen LogP) is 2.12. The fourth-order valence-electron chi connectivity index (χ4n) is 1.15. The van der Waals surface area contributed by atoms with Gasteiger partial charge in [-0.15, -0.1) is 11.8 Å². The van der Waals surface area contributed by atoms with Gasteiger partial charge in [-0.1, -0.05) is 15.9 Å². The summed E-state index contributed by atoms with van der Waals surface area (Å²) in [4.78, 5) is 12.0. The summed E-state index contributed by atoms with van der Waals surface area (Å²) in [7, 11) is -1.83. The molecule has 0 aliphatic carbocycles. The van der Waals surface area contributed by atoms with Crippen LogP contribution < -0.4 is 0 Å². The second-order valence-electron chi connectivity index (χ2n) is 3.55. The molecule has 1 aromatic rings. The van der Waals surface area contributed by atoms with Crippen molar-refractivity contribution in [1.29, 1.82) is 0 Å². The van der Waals surface area contributed by atoms with Gasteiger partial charge in [0.1, 0.15) is 4.83 Å². The largest absolute Gasteiger partial charge is 0.468 e. The molecule has 1 aromatic carbocycles. The number of hydrogen-bond acceptors (Lipinski definition) is 5. The lowest BCUT2D eigenvalue weighted by atomic mass is 10.4. The standard InChI is InChI=1S/C11H13BrO4S2/c1-16-11(13)10(12)7-17-8-3-5-9(6-4-8)18(2,14)15/h3-6,10H,7H2,1-2H3. The highest BCUT2D eigenvalue weighted by Gasteiger charge is 2.15. The molecule has 100 valence electrons. The van der Waals surface area contributed by atoms with Crippen LogP contribution in [0.5, 0.6) is 0 Å². The van der Waals surface area contributed by atoms with Gasteiger partial charge in [0.2, 0.25) is 0 Å². The van der Waals surface area contributed by atoms with Crippen LogP contribution in [0.1, 0.15) is 0 Å². The molecule has 0 N–H and O–H groups in total. The van der Waals surface area contributed by atoms with Gasteiger partial charge in [0, 0.05) is 16.9 Å². The summed E-state index contributed by atoms with van der Waals surface area (Å²) in [5, 5.41) is 0. The fourth-order valence-corrected chi connectivity index (χ4v) is 3.17. The Kier molecular flexibility index (Phi) is 5.68. The van der Waals surface area contributed by atoms with Gasteiger partial charge in [0.15, 0.2) is 9.84 Å². The van der Waals surface area contributed by atoms with Gasteiger partial charge in [-0.25, -0.2) is 8.42 Å². The van der Waals surface area contributed by atoms with Crippen molar-refractivity contribution in [3.63, 3.8) is 0 Å². The molecule has 0 saturated carbocycles. The normalized spacial score (nSPS) is 13.1. The van der Waals surface area contributed by atoms with Crippen molar-refractivity contribution in [1.82, 2.24) is 0 Å². The molecule has 1 unspecified atom stereocenters. The number of carbonyl (C=O) groups is 1. The molecule has 18 heavy (non-hydrogen) atoms. The average Bonchev–Trinajstić information content (AvgIpc) is 2.34. The quantitative estimate of drug-likeness (QED) is 0.461. The van der Waals surface area contributed by atoms with Crippen LogP contribution in [-0.4, -0.2) is 38.3 Å². The lowest BCUT2D eigenvalue weighted by molar-refractivity contribution is -0.139. The third kappa shape index (κ3) is 4.62. The van der Waals surface area contributed by atoms with Gasteiger partial charge >= 0.3 is 5.97 Å². The first-order chi connectivity index (χ1) is 8.34. The lowest BCUT2D eigenvalue weighted by Gasteiger charge is -2.07. The summed E-state index contributed by atoms with van der Waals surface area (Å²) in [6, 6.07) is 6.55. The van der Waals surface area contributed by atoms with Crippen LogP contribution in [0.15, 0.2) is 34.1 Å². The summed E-state index contributed by atoms with van der Waals surface area (Å²) in [6.07, 6.45) is 1.17. The zero-order valence-electron chi connectivity index (χ0n) is 9.92. The van der Waals surface area contributed by atoms with Crippen LogP contribution in [0.2, 0.25) is 0 Å². The summed E-state index contributed by atoms with van der Waals surface area (Å²) < 4.78 is 27.1. The van der Waals surface area contributed by atoms with Crippen molar-refractivity contribution >= 4 is 43.5 Å². The van der Waals surface area contributed by atoms with Gasteiger partial charge in [-0.3, -0.25) is 4.79 Å². The van der Waals surface area contributed by atoms with Crippen molar-refractivity contribution in [2.45, 2.75) is 14.6 Å². The van der Waals surface area contributed by atoms with Crippen LogP contribution >= 0.6 is 27.7 Å². The zero-order valence-corrected chi connectivity index (χ0v) is 13.1. The highest BCUT2D eigenvalue weighted by molar-refractivity contribution is 9.10. The van der Waals surface area contributed by atoms with E-state index in [0.717, 1.165) is 4.90 Å². The van der Waals surface area contributed by atoms with Crippen molar-refractivity contribution in [3.05, 3.63) is 24.3 Å². The summed E-state index contributed by atoms with van der Waals surface area (Å²) >= 11 is 4.66. The minimum absolute atomic E-state index is 0.287. The van der Waals surface area contributed by atoms with E-state index in [9.17, 15) is 13.2 Å². The Morgan fingerprint density at radius 2 is 1.94 bits per heavy atom.